The minimum absolute atomic E-state index is 0.00857. The average molecular weight is 617 g/mol. The van der Waals surface area contributed by atoms with Crippen LogP contribution in [-0.4, -0.2) is 68.6 Å². The Hall–Kier alpha value is -5.00. The van der Waals surface area contributed by atoms with Crippen molar-refractivity contribution in [3.8, 4) is 16.9 Å². The zero-order valence-corrected chi connectivity index (χ0v) is 25.8. The molecule has 1 aliphatic rings. The van der Waals surface area contributed by atoms with E-state index in [9.17, 15) is 14.4 Å². The molecule has 1 aliphatic heterocycles. The largest absolute Gasteiger partial charge is 0.462 e. The highest BCUT2D eigenvalue weighted by Gasteiger charge is 2.31. The van der Waals surface area contributed by atoms with Gasteiger partial charge in [-0.3, -0.25) is 9.78 Å². The molecule has 0 saturated carbocycles. The first-order valence-electron chi connectivity index (χ1n) is 14.7. The summed E-state index contributed by atoms with van der Waals surface area (Å²) in [5.41, 5.74) is -0.0273. The molecule has 0 radical (unpaired) electrons. The first kappa shape index (κ1) is 31.4. The third-order valence-corrected chi connectivity index (χ3v) is 7.86. The Kier molecular flexibility index (Phi) is 8.76. The Morgan fingerprint density at radius 3 is 2.58 bits per heavy atom. The van der Waals surface area contributed by atoms with Crippen LogP contribution in [0.15, 0.2) is 54.0 Å². The molecule has 0 bridgehead atoms. The summed E-state index contributed by atoms with van der Waals surface area (Å²) < 4.78 is 38.0. The quantitative estimate of drug-likeness (QED) is 0.212. The number of esters is 1. The predicted molar refractivity (Wildman–Crippen MR) is 167 cm³/mol. The van der Waals surface area contributed by atoms with Crippen molar-refractivity contribution in [1.82, 2.24) is 24.4 Å². The highest BCUT2D eigenvalue weighted by Crippen LogP contribution is 2.35. The van der Waals surface area contributed by atoms with E-state index in [0.29, 0.717) is 36.6 Å². The fraction of sp³-hybridized carbons (Fsp3) is 0.333. The smallest absolute Gasteiger partial charge is 0.355 e. The number of piperazine rings is 1. The van der Waals surface area contributed by atoms with Crippen LogP contribution in [0, 0.1) is 18.6 Å². The van der Waals surface area contributed by atoms with Crippen LogP contribution < -0.4 is 10.6 Å². The van der Waals surface area contributed by atoms with Crippen LogP contribution in [-0.2, 0) is 9.53 Å². The Morgan fingerprint density at radius 1 is 1.16 bits per heavy atom. The second-order valence-corrected chi connectivity index (χ2v) is 11.2. The lowest BCUT2D eigenvalue weighted by molar-refractivity contribution is -0.126. The van der Waals surface area contributed by atoms with E-state index < -0.39 is 29.0 Å². The average Bonchev–Trinajstić information content (AvgIpc) is 3.00. The van der Waals surface area contributed by atoms with E-state index in [4.69, 9.17) is 4.74 Å². The molecule has 0 unspecified atom stereocenters. The molecule has 0 N–H and O–H groups in total. The summed E-state index contributed by atoms with van der Waals surface area (Å²) in [6, 6.07) is 6.36. The number of carbonyl (C=O) groups excluding carboxylic acids is 2. The van der Waals surface area contributed by atoms with Gasteiger partial charge in [0.2, 0.25) is 5.91 Å². The first-order chi connectivity index (χ1) is 21.5. The maximum absolute atomic E-state index is 16.2. The van der Waals surface area contributed by atoms with Gasteiger partial charge in [-0.2, -0.15) is 4.98 Å². The van der Waals surface area contributed by atoms with E-state index in [2.05, 4.69) is 21.5 Å². The summed E-state index contributed by atoms with van der Waals surface area (Å²) in [6.45, 7) is 13.7. The SMILES string of the molecule is C=CC(=O)N1CCN(c2nc(=O)n(-c3c(C)ccnc3C(C)C)c3nc(-c4c(F)cccc4C(=O)OCC)c(F)cc23)[C@@H](C)C1. The highest BCUT2D eigenvalue weighted by molar-refractivity contribution is 5.98. The monoisotopic (exact) mass is 616 g/mol. The van der Waals surface area contributed by atoms with Gasteiger partial charge in [-0.1, -0.05) is 26.5 Å². The summed E-state index contributed by atoms with van der Waals surface area (Å²) in [5.74, 6) is -2.80. The van der Waals surface area contributed by atoms with Crippen LogP contribution in [0.2, 0.25) is 0 Å². The molecule has 3 aromatic heterocycles. The highest BCUT2D eigenvalue weighted by atomic mass is 19.1. The fourth-order valence-electron chi connectivity index (χ4n) is 5.73. The maximum atomic E-state index is 16.2. The molecular formula is C33H34F2N6O4. The molecular weight excluding hydrogens is 582 g/mol. The normalized spacial score (nSPS) is 15.1. The third-order valence-electron chi connectivity index (χ3n) is 7.86. The van der Waals surface area contributed by atoms with Gasteiger partial charge in [-0.15, -0.1) is 0 Å². The van der Waals surface area contributed by atoms with Gasteiger partial charge in [0.1, 0.15) is 17.3 Å². The Labute approximate surface area is 259 Å². The number of pyridine rings is 2. The number of hydrogen-bond acceptors (Lipinski definition) is 8. The standard InChI is InChI=1S/C33H34F2N6O4/c1-7-25(42)39-14-15-40(20(6)17-39)30-22-16-24(35)28(26-21(32(43)45-8-2)10-9-11-23(26)34)37-31(22)41(33(44)38-30)29-19(5)12-13-36-27(29)18(3)4/h7,9-13,16,18,20H,1,8,14-15,17H2,2-6H3/t20-/m0/s1. The first-order valence-corrected chi connectivity index (χ1v) is 14.7. The van der Waals surface area contributed by atoms with Crippen LogP contribution in [0.3, 0.4) is 0 Å². The Morgan fingerprint density at radius 2 is 1.91 bits per heavy atom. The zero-order chi connectivity index (χ0) is 32.6. The second kappa shape index (κ2) is 12.5. The van der Waals surface area contributed by atoms with E-state index in [-0.39, 0.29) is 52.5 Å². The lowest BCUT2D eigenvalue weighted by Gasteiger charge is -2.40. The van der Waals surface area contributed by atoms with Gasteiger partial charge < -0.3 is 14.5 Å². The van der Waals surface area contributed by atoms with Crippen molar-refractivity contribution in [2.75, 3.05) is 31.1 Å². The summed E-state index contributed by atoms with van der Waals surface area (Å²) in [6.07, 6.45) is 2.88. The zero-order valence-electron chi connectivity index (χ0n) is 25.8. The van der Waals surface area contributed by atoms with Gasteiger partial charge >= 0.3 is 11.7 Å². The number of carbonyl (C=O) groups is 2. The van der Waals surface area contributed by atoms with Crippen molar-refractivity contribution in [2.45, 2.75) is 46.6 Å². The summed E-state index contributed by atoms with van der Waals surface area (Å²) in [4.78, 5) is 56.2. The number of rotatable bonds is 7. The van der Waals surface area contributed by atoms with E-state index >= 15 is 8.78 Å². The minimum Gasteiger partial charge on any atom is -0.462 e. The van der Waals surface area contributed by atoms with Crippen molar-refractivity contribution in [3.63, 3.8) is 0 Å². The number of hydrogen-bond donors (Lipinski definition) is 0. The van der Waals surface area contributed by atoms with Crippen LogP contribution >= 0.6 is 0 Å². The molecule has 1 aromatic carbocycles. The molecule has 0 aliphatic carbocycles. The van der Waals surface area contributed by atoms with Gasteiger partial charge in [0.15, 0.2) is 11.5 Å². The number of ether oxygens (including phenoxy) is 1. The lowest BCUT2D eigenvalue weighted by atomic mass is 10.0. The molecule has 1 fully saturated rings. The number of aromatic nitrogens is 4. The minimum atomic E-state index is -0.925. The number of halogens is 2. The molecule has 234 valence electrons. The molecule has 12 heteroatoms. The molecule has 0 spiro atoms. The van der Waals surface area contributed by atoms with E-state index in [1.54, 1.807) is 24.1 Å². The maximum Gasteiger partial charge on any atom is 0.355 e. The number of benzene rings is 1. The topological polar surface area (TPSA) is 111 Å². The molecule has 1 amide bonds. The molecule has 4 heterocycles. The third kappa shape index (κ3) is 5.67. The number of aryl methyl sites for hydroxylation is 1. The summed E-state index contributed by atoms with van der Waals surface area (Å²) >= 11 is 0. The number of nitrogens with zero attached hydrogens (tertiary/aromatic N) is 6. The molecule has 5 rings (SSSR count). The van der Waals surface area contributed by atoms with Gasteiger partial charge in [0.25, 0.3) is 0 Å². The van der Waals surface area contributed by atoms with Gasteiger partial charge in [0, 0.05) is 31.9 Å². The van der Waals surface area contributed by atoms with Crippen LogP contribution in [0.4, 0.5) is 14.6 Å². The Balaban J connectivity index is 1.85. The van der Waals surface area contributed by atoms with Gasteiger partial charge in [0.05, 0.1) is 34.5 Å². The molecule has 10 nitrogen and oxygen atoms in total. The fourth-order valence-corrected chi connectivity index (χ4v) is 5.73. The van der Waals surface area contributed by atoms with Crippen LogP contribution in [0.5, 0.6) is 0 Å². The van der Waals surface area contributed by atoms with E-state index in [0.717, 1.165) is 12.1 Å². The number of fused-ring (bicyclic) bond motifs is 1. The molecule has 1 saturated heterocycles. The van der Waals surface area contributed by atoms with Crippen LogP contribution in [0.1, 0.15) is 55.2 Å². The Bertz CT molecular complexity index is 1890. The van der Waals surface area contributed by atoms with Crippen molar-refractivity contribution >= 4 is 28.7 Å². The number of anilines is 1. The van der Waals surface area contributed by atoms with Crippen molar-refractivity contribution in [3.05, 3.63) is 88.1 Å². The number of amides is 1. The molecule has 45 heavy (non-hydrogen) atoms. The van der Waals surface area contributed by atoms with Gasteiger partial charge in [-0.05, 0) is 62.6 Å². The van der Waals surface area contributed by atoms with Crippen molar-refractivity contribution in [2.24, 2.45) is 0 Å². The summed E-state index contributed by atoms with van der Waals surface area (Å²) in [5, 5.41) is 0.193. The van der Waals surface area contributed by atoms with Crippen molar-refractivity contribution < 1.29 is 23.1 Å². The lowest BCUT2D eigenvalue weighted by Crippen LogP contribution is -2.54. The predicted octanol–water partition coefficient (Wildman–Crippen LogP) is 4.95. The van der Waals surface area contributed by atoms with E-state index in [1.807, 2.05) is 32.6 Å². The van der Waals surface area contributed by atoms with Crippen LogP contribution in [0.25, 0.3) is 28.0 Å². The second-order valence-electron chi connectivity index (χ2n) is 11.2. The summed E-state index contributed by atoms with van der Waals surface area (Å²) in [7, 11) is 0. The van der Waals surface area contributed by atoms with Crippen molar-refractivity contribution in [1.29, 1.82) is 0 Å². The van der Waals surface area contributed by atoms with Gasteiger partial charge in [-0.25, -0.2) is 27.9 Å². The molecule has 1 atom stereocenters. The molecule has 4 aromatic rings. The van der Waals surface area contributed by atoms with E-state index in [1.165, 1.54) is 22.8 Å².